The standard InChI is InChI=1S/C21H25N7O/c1-2-27-11-10-22-20(27)16-26-12-14-28(15-13-26)19-9-8-18(24-25-19)21(29)23-17-6-4-3-5-7-17/h3-11H,2,12-16H2,1H3,(H,23,29). The van der Waals surface area contributed by atoms with Gasteiger partial charge in [0.05, 0.1) is 6.54 Å². The minimum atomic E-state index is -0.258. The highest BCUT2D eigenvalue weighted by atomic mass is 16.1. The van der Waals surface area contributed by atoms with Gasteiger partial charge < -0.3 is 14.8 Å². The molecule has 1 amide bonds. The molecule has 2 aromatic heterocycles. The summed E-state index contributed by atoms with van der Waals surface area (Å²) in [6.45, 7) is 7.55. The Morgan fingerprint density at radius 1 is 1.03 bits per heavy atom. The molecule has 29 heavy (non-hydrogen) atoms. The van der Waals surface area contributed by atoms with Crippen molar-refractivity contribution in [3.05, 3.63) is 66.4 Å². The lowest BCUT2D eigenvalue weighted by Crippen LogP contribution is -2.46. The third-order valence-electron chi connectivity index (χ3n) is 5.12. The van der Waals surface area contributed by atoms with E-state index >= 15 is 0 Å². The molecule has 1 aliphatic rings. The van der Waals surface area contributed by atoms with Crippen LogP contribution < -0.4 is 10.2 Å². The Morgan fingerprint density at radius 2 is 1.83 bits per heavy atom. The highest BCUT2D eigenvalue weighted by Crippen LogP contribution is 2.15. The predicted molar refractivity (Wildman–Crippen MR) is 112 cm³/mol. The van der Waals surface area contributed by atoms with Gasteiger partial charge in [-0.1, -0.05) is 18.2 Å². The third-order valence-corrected chi connectivity index (χ3v) is 5.12. The van der Waals surface area contributed by atoms with Gasteiger partial charge in [-0.25, -0.2) is 4.98 Å². The lowest BCUT2D eigenvalue weighted by Gasteiger charge is -2.34. The molecule has 0 atom stereocenters. The van der Waals surface area contributed by atoms with Crippen LogP contribution in [0.3, 0.4) is 0 Å². The molecule has 8 heteroatoms. The summed E-state index contributed by atoms with van der Waals surface area (Å²) >= 11 is 0. The molecular weight excluding hydrogens is 366 g/mol. The summed E-state index contributed by atoms with van der Waals surface area (Å²) < 4.78 is 2.18. The van der Waals surface area contributed by atoms with Crippen LogP contribution in [0.25, 0.3) is 0 Å². The van der Waals surface area contributed by atoms with Crippen LogP contribution in [0.5, 0.6) is 0 Å². The van der Waals surface area contributed by atoms with Gasteiger partial charge in [-0.2, -0.15) is 0 Å². The molecule has 1 saturated heterocycles. The summed E-state index contributed by atoms with van der Waals surface area (Å²) in [5.74, 6) is 1.65. The Bertz CT molecular complexity index is 931. The second-order valence-electron chi connectivity index (χ2n) is 6.99. The van der Waals surface area contributed by atoms with Crippen LogP contribution >= 0.6 is 0 Å². The van der Waals surface area contributed by atoms with Crippen LogP contribution in [-0.2, 0) is 13.1 Å². The largest absolute Gasteiger partial charge is 0.353 e. The van der Waals surface area contributed by atoms with Crippen molar-refractivity contribution in [2.24, 2.45) is 0 Å². The summed E-state index contributed by atoms with van der Waals surface area (Å²) in [6.07, 6.45) is 3.89. The summed E-state index contributed by atoms with van der Waals surface area (Å²) in [5, 5.41) is 11.2. The lowest BCUT2D eigenvalue weighted by atomic mass is 10.2. The van der Waals surface area contributed by atoms with Gasteiger partial charge in [0.25, 0.3) is 5.91 Å². The zero-order chi connectivity index (χ0) is 20.1. The van der Waals surface area contributed by atoms with Crippen molar-refractivity contribution in [3.8, 4) is 0 Å². The number of nitrogens with one attached hydrogen (secondary N) is 1. The van der Waals surface area contributed by atoms with Gasteiger partial charge in [0.2, 0.25) is 0 Å². The van der Waals surface area contributed by atoms with E-state index in [0.29, 0.717) is 5.69 Å². The molecule has 1 aromatic carbocycles. The average molecular weight is 391 g/mol. The number of carbonyl (C=O) groups excluding carboxylic acids is 1. The first-order valence-electron chi connectivity index (χ1n) is 9.90. The number of benzene rings is 1. The number of hydrogen-bond donors (Lipinski definition) is 1. The van der Waals surface area contributed by atoms with Gasteiger partial charge in [0.1, 0.15) is 5.82 Å². The molecule has 1 N–H and O–H groups in total. The molecular formula is C21H25N7O. The molecule has 3 aromatic rings. The van der Waals surface area contributed by atoms with E-state index in [1.54, 1.807) is 6.07 Å². The van der Waals surface area contributed by atoms with Crippen LogP contribution in [0.2, 0.25) is 0 Å². The fraction of sp³-hybridized carbons (Fsp3) is 0.333. The maximum Gasteiger partial charge on any atom is 0.276 e. The Labute approximate surface area is 170 Å². The summed E-state index contributed by atoms with van der Waals surface area (Å²) in [7, 11) is 0. The van der Waals surface area contributed by atoms with E-state index < -0.39 is 0 Å². The Kier molecular flexibility index (Phi) is 5.81. The quantitative estimate of drug-likeness (QED) is 0.694. The number of amides is 1. The molecule has 3 heterocycles. The number of piperazine rings is 1. The monoisotopic (exact) mass is 391 g/mol. The second kappa shape index (κ2) is 8.83. The Hall–Kier alpha value is -3.26. The van der Waals surface area contributed by atoms with Gasteiger partial charge >= 0.3 is 0 Å². The number of aromatic nitrogens is 4. The number of hydrogen-bond acceptors (Lipinski definition) is 6. The first-order valence-corrected chi connectivity index (χ1v) is 9.90. The van der Waals surface area contributed by atoms with Crippen LogP contribution in [-0.4, -0.2) is 56.7 Å². The SMILES string of the molecule is CCn1ccnc1CN1CCN(c2ccc(C(=O)Nc3ccccc3)nn2)CC1. The summed E-state index contributed by atoms with van der Waals surface area (Å²) in [6, 6.07) is 12.9. The van der Waals surface area contributed by atoms with Crippen LogP contribution in [0, 0.1) is 0 Å². The van der Waals surface area contributed by atoms with Crippen molar-refractivity contribution in [2.45, 2.75) is 20.0 Å². The number of para-hydroxylation sites is 1. The molecule has 0 spiro atoms. The number of aryl methyl sites for hydroxylation is 1. The molecule has 1 fully saturated rings. The smallest absolute Gasteiger partial charge is 0.276 e. The fourth-order valence-corrected chi connectivity index (χ4v) is 3.45. The summed E-state index contributed by atoms with van der Waals surface area (Å²) in [4.78, 5) is 21.4. The maximum absolute atomic E-state index is 12.3. The molecule has 0 unspecified atom stereocenters. The zero-order valence-electron chi connectivity index (χ0n) is 16.5. The molecule has 0 aliphatic carbocycles. The number of imidazole rings is 1. The number of rotatable bonds is 6. The van der Waals surface area contributed by atoms with E-state index in [0.717, 1.165) is 56.6 Å². The third kappa shape index (κ3) is 4.60. The van der Waals surface area contributed by atoms with E-state index in [1.807, 2.05) is 48.8 Å². The van der Waals surface area contributed by atoms with E-state index in [1.165, 1.54) is 0 Å². The van der Waals surface area contributed by atoms with Gasteiger partial charge in [-0.05, 0) is 31.2 Å². The maximum atomic E-state index is 12.3. The van der Waals surface area contributed by atoms with E-state index in [-0.39, 0.29) is 5.91 Å². The first kappa shape index (κ1) is 19.1. The van der Waals surface area contributed by atoms with E-state index in [9.17, 15) is 4.79 Å². The van der Waals surface area contributed by atoms with Gasteiger partial charge in [0.15, 0.2) is 11.5 Å². The van der Waals surface area contributed by atoms with Crippen molar-refractivity contribution < 1.29 is 4.79 Å². The topological polar surface area (TPSA) is 79.2 Å². The Morgan fingerprint density at radius 3 is 2.52 bits per heavy atom. The normalized spacial score (nSPS) is 14.7. The van der Waals surface area contributed by atoms with Gasteiger partial charge in [0, 0.05) is 50.8 Å². The molecule has 0 radical (unpaired) electrons. The average Bonchev–Trinajstić information content (AvgIpc) is 3.22. The number of anilines is 2. The van der Waals surface area contributed by atoms with Crippen molar-refractivity contribution in [1.29, 1.82) is 0 Å². The molecule has 1 aliphatic heterocycles. The molecule has 0 saturated carbocycles. The van der Waals surface area contributed by atoms with E-state index in [4.69, 9.17) is 0 Å². The minimum Gasteiger partial charge on any atom is -0.353 e. The minimum absolute atomic E-state index is 0.258. The molecule has 4 rings (SSSR count). The molecule has 150 valence electrons. The zero-order valence-corrected chi connectivity index (χ0v) is 16.5. The van der Waals surface area contributed by atoms with Crippen LogP contribution in [0.4, 0.5) is 11.5 Å². The van der Waals surface area contributed by atoms with Crippen molar-refractivity contribution in [2.75, 3.05) is 36.4 Å². The summed E-state index contributed by atoms with van der Waals surface area (Å²) in [5.41, 5.74) is 1.05. The Balaban J connectivity index is 1.31. The van der Waals surface area contributed by atoms with Crippen LogP contribution in [0.15, 0.2) is 54.9 Å². The van der Waals surface area contributed by atoms with Gasteiger partial charge in [-0.3, -0.25) is 9.69 Å². The number of carbonyl (C=O) groups is 1. The van der Waals surface area contributed by atoms with Crippen molar-refractivity contribution >= 4 is 17.4 Å². The fourth-order valence-electron chi connectivity index (χ4n) is 3.45. The van der Waals surface area contributed by atoms with Crippen molar-refractivity contribution in [1.82, 2.24) is 24.6 Å². The van der Waals surface area contributed by atoms with E-state index in [2.05, 4.69) is 41.8 Å². The van der Waals surface area contributed by atoms with Gasteiger partial charge in [-0.15, -0.1) is 10.2 Å². The lowest BCUT2D eigenvalue weighted by molar-refractivity contribution is 0.102. The number of nitrogens with zero attached hydrogens (tertiary/aromatic N) is 6. The predicted octanol–water partition coefficient (Wildman–Crippen LogP) is 2.27. The highest BCUT2D eigenvalue weighted by Gasteiger charge is 2.20. The van der Waals surface area contributed by atoms with Crippen molar-refractivity contribution in [3.63, 3.8) is 0 Å². The highest BCUT2D eigenvalue weighted by molar-refractivity contribution is 6.02. The molecule has 8 nitrogen and oxygen atoms in total. The second-order valence-corrected chi connectivity index (χ2v) is 6.99. The molecule has 0 bridgehead atoms. The first-order chi connectivity index (χ1) is 14.2. The van der Waals surface area contributed by atoms with Crippen LogP contribution in [0.1, 0.15) is 23.2 Å².